The van der Waals surface area contributed by atoms with E-state index in [0.717, 1.165) is 12.2 Å². The van der Waals surface area contributed by atoms with E-state index in [-0.39, 0.29) is 11.3 Å². The van der Waals surface area contributed by atoms with Crippen LogP contribution in [0.25, 0.3) is 0 Å². The molecule has 0 fully saturated rings. The zero-order valence-electron chi connectivity index (χ0n) is 14.3. The molecule has 3 nitrogen and oxygen atoms in total. The first-order chi connectivity index (χ1) is 9.68. The minimum atomic E-state index is 0.0893. The number of rotatable bonds is 6. The fourth-order valence-electron chi connectivity index (χ4n) is 1.88. The van der Waals surface area contributed by atoms with E-state index >= 15 is 0 Å². The van der Waals surface area contributed by atoms with Crippen LogP contribution in [0.15, 0.2) is 24.3 Å². The van der Waals surface area contributed by atoms with Crippen molar-refractivity contribution < 1.29 is 4.79 Å². The lowest BCUT2D eigenvalue weighted by atomic mass is 9.80. The SMILES string of the molecule is CC(C)NCc1cccc(NC(=O)CC(C)C(C)(C)C)c1. The molecule has 1 aromatic rings. The lowest BCUT2D eigenvalue weighted by Gasteiger charge is -2.26. The second kappa shape index (κ2) is 7.60. The van der Waals surface area contributed by atoms with Crippen LogP contribution in [0, 0.1) is 11.3 Å². The van der Waals surface area contributed by atoms with Gasteiger partial charge in [-0.1, -0.05) is 53.7 Å². The van der Waals surface area contributed by atoms with Gasteiger partial charge in [0.1, 0.15) is 0 Å². The van der Waals surface area contributed by atoms with Gasteiger partial charge in [0.05, 0.1) is 0 Å². The summed E-state index contributed by atoms with van der Waals surface area (Å²) in [5.74, 6) is 0.440. The maximum Gasteiger partial charge on any atom is 0.224 e. The molecule has 3 heteroatoms. The van der Waals surface area contributed by atoms with Gasteiger partial charge in [-0.2, -0.15) is 0 Å². The number of carbonyl (C=O) groups is 1. The van der Waals surface area contributed by atoms with Crippen molar-refractivity contribution in [3.8, 4) is 0 Å². The van der Waals surface area contributed by atoms with Crippen molar-refractivity contribution >= 4 is 11.6 Å². The smallest absolute Gasteiger partial charge is 0.224 e. The third-order valence-corrected chi connectivity index (χ3v) is 3.90. The molecule has 118 valence electrons. The Kier molecular flexibility index (Phi) is 6.41. The molecule has 0 aliphatic carbocycles. The van der Waals surface area contributed by atoms with Crippen LogP contribution in [0.1, 0.15) is 53.5 Å². The van der Waals surface area contributed by atoms with E-state index in [1.807, 2.05) is 18.2 Å². The molecule has 1 aromatic carbocycles. The van der Waals surface area contributed by atoms with Gasteiger partial charge in [0.25, 0.3) is 0 Å². The average Bonchev–Trinajstić information content (AvgIpc) is 2.35. The number of nitrogens with one attached hydrogen (secondary N) is 2. The maximum absolute atomic E-state index is 12.1. The van der Waals surface area contributed by atoms with Crippen molar-refractivity contribution in [1.82, 2.24) is 5.32 Å². The highest BCUT2D eigenvalue weighted by molar-refractivity contribution is 5.90. The minimum absolute atomic E-state index is 0.0893. The molecule has 1 atom stereocenters. The van der Waals surface area contributed by atoms with Crippen molar-refractivity contribution in [2.24, 2.45) is 11.3 Å². The fraction of sp³-hybridized carbons (Fsp3) is 0.611. The zero-order chi connectivity index (χ0) is 16.0. The molecule has 0 bridgehead atoms. The standard InChI is InChI=1S/C18H30N2O/c1-13(2)19-12-15-8-7-9-16(11-15)20-17(21)10-14(3)18(4,5)6/h7-9,11,13-14,19H,10,12H2,1-6H3,(H,20,21). The normalized spacial score (nSPS) is 13.3. The number of anilines is 1. The molecule has 1 amide bonds. The Morgan fingerprint density at radius 1 is 1.19 bits per heavy atom. The van der Waals surface area contributed by atoms with Crippen LogP contribution in [0.2, 0.25) is 0 Å². The molecule has 0 aliphatic rings. The van der Waals surface area contributed by atoms with Gasteiger partial charge >= 0.3 is 0 Å². The molecule has 0 aromatic heterocycles. The van der Waals surface area contributed by atoms with E-state index in [0.29, 0.717) is 18.4 Å². The number of hydrogen-bond donors (Lipinski definition) is 2. The molecule has 0 saturated carbocycles. The van der Waals surface area contributed by atoms with Crippen molar-refractivity contribution in [1.29, 1.82) is 0 Å². The maximum atomic E-state index is 12.1. The fourth-order valence-corrected chi connectivity index (χ4v) is 1.88. The van der Waals surface area contributed by atoms with Crippen LogP contribution < -0.4 is 10.6 Å². The van der Waals surface area contributed by atoms with Gasteiger partial charge in [-0.25, -0.2) is 0 Å². The van der Waals surface area contributed by atoms with Crippen molar-refractivity contribution in [2.45, 2.75) is 60.5 Å². The Hall–Kier alpha value is -1.35. The quantitative estimate of drug-likeness (QED) is 0.824. The summed E-state index contributed by atoms with van der Waals surface area (Å²) in [6.45, 7) is 13.7. The summed E-state index contributed by atoms with van der Waals surface area (Å²) in [5, 5.41) is 6.39. The van der Waals surface area contributed by atoms with Gasteiger partial charge in [-0.3, -0.25) is 4.79 Å². The minimum Gasteiger partial charge on any atom is -0.326 e. The summed E-state index contributed by atoms with van der Waals surface area (Å²) in [5.41, 5.74) is 2.22. The molecule has 1 unspecified atom stereocenters. The second-order valence-corrected chi connectivity index (χ2v) is 7.26. The highest BCUT2D eigenvalue weighted by atomic mass is 16.1. The third kappa shape index (κ3) is 6.76. The van der Waals surface area contributed by atoms with E-state index in [9.17, 15) is 4.79 Å². The largest absolute Gasteiger partial charge is 0.326 e. The van der Waals surface area contributed by atoms with Crippen LogP contribution in [-0.2, 0) is 11.3 Å². The Morgan fingerprint density at radius 2 is 1.86 bits per heavy atom. The van der Waals surface area contributed by atoms with E-state index in [4.69, 9.17) is 0 Å². The first kappa shape index (κ1) is 17.7. The van der Waals surface area contributed by atoms with Crippen LogP contribution in [-0.4, -0.2) is 11.9 Å². The van der Waals surface area contributed by atoms with Gasteiger partial charge in [-0.15, -0.1) is 0 Å². The van der Waals surface area contributed by atoms with Gasteiger partial charge < -0.3 is 10.6 Å². The Morgan fingerprint density at radius 3 is 2.43 bits per heavy atom. The molecule has 2 N–H and O–H groups in total. The predicted octanol–water partition coefficient (Wildman–Crippen LogP) is 4.20. The second-order valence-electron chi connectivity index (χ2n) is 7.26. The lowest BCUT2D eigenvalue weighted by Crippen LogP contribution is -2.24. The summed E-state index contributed by atoms with van der Waals surface area (Å²) in [6, 6.07) is 8.49. The van der Waals surface area contributed by atoms with Gasteiger partial charge in [0, 0.05) is 24.7 Å². The van der Waals surface area contributed by atoms with E-state index < -0.39 is 0 Å². The summed E-state index contributed by atoms with van der Waals surface area (Å²) in [7, 11) is 0. The van der Waals surface area contributed by atoms with Crippen molar-refractivity contribution in [3.63, 3.8) is 0 Å². The molecule has 0 radical (unpaired) electrons. The molecule has 1 rings (SSSR count). The van der Waals surface area contributed by atoms with E-state index in [2.05, 4.69) is 58.2 Å². The molecule has 21 heavy (non-hydrogen) atoms. The summed E-state index contributed by atoms with van der Waals surface area (Å²) < 4.78 is 0. The van der Waals surface area contributed by atoms with Crippen molar-refractivity contribution in [2.75, 3.05) is 5.32 Å². The van der Waals surface area contributed by atoms with Crippen LogP contribution in [0.4, 0.5) is 5.69 Å². The number of hydrogen-bond acceptors (Lipinski definition) is 2. The van der Waals surface area contributed by atoms with Crippen LogP contribution >= 0.6 is 0 Å². The first-order valence-corrected chi connectivity index (χ1v) is 7.80. The molecular weight excluding hydrogens is 260 g/mol. The average molecular weight is 290 g/mol. The molecule has 0 heterocycles. The molecule has 0 spiro atoms. The first-order valence-electron chi connectivity index (χ1n) is 7.80. The Labute approximate surface area is 129 Å². The van der Waals surface area contributed by atoms with Crippen LogP contribution in [0.3, 0.4) is 0 Å². The number of carbonyl (C=O) groups excluding carboxylic acids is 1. The zero-order valence-corrected chi connectivity index (χ0v) is 14.3. The molecule has 0 saturated heterocycles. The van der Waals surface area contributed by atoms with Gasteiger partial charge in [0.2, 0.25) is 5.91 Å². The van der Waals surface area contributed by atoms with E-state index in [1.54, 1.807) is 0 Å². The highest BCUT2D eigenvalue weighted by Gasteiger charge is 2.22. The van der Waals surface area contributed by atoms with Gasteiger partial charge in [0.15, 0.2) is 0 Å². The summed E-state index contributed by atoms with van der Waals surface area (Å²) in [6.07, 6.45) is 0.554. The topological polar surface area (TPSA) is 41.1 Å². The van der Waals surface area contributed by atoms with E-state index in [1.165, 1.54) is 5.56 Å². The molecular formula is C18H30N2O. The predicted molar refractivity (Wildman–Crippen MR) is 90.3 cm³/mol. The summed E-state index contributed by atoms with van der Waals surface area (Å²) in [4.78, 5) is 12.1. The summed E-state index contributed by atoms with van der Waals surface area (Å²) >= 11 is 0. The lowest BCUT2D eigenvalue weighted by molar-refractivity contribution is -0.117. The molecule has 0 aliphatic heterocycles. The Balaban J connectivity index is 2.58. The Bertz CT molecular complexity index is 461. The number of benzene rings is 1. The van der Waals surface area contributed by atoms with Gasteiger partial charge in [-0.05, 0) is 29.0 Å². The van der Waals surface area contributed by atoms with Crippen molar-refractivity contribution in [3.05, 3.63) is 29.8 Å². The number of amides is 1. The van der Waals surface area contributed by atoms with Crippen LogP contribution in [0.5, 0.6) is 0 Å². The third-order valence-electron chi connectivity index (χ3n) is 3.90. The highest BCUT2D eigenvalue weighted by Crippen LogP contribution is 2.28. The monoisotopic (exact) mass is 290 g/mol.